The quantitative estimate of drug-likeness (QED) is 0.269. The van der Waals surface area contributed by atoms with Gasteiger partial charge in [-0.15, -0.1) is 0 Å². The van der Waals surface area contributed by atoms with E-state index in [1.54, 1.807) is 30.5 Å². The van der Waals surface area contributed by atoms with Crippen molar-refractivity contribution >= 4 is 34.3 Å². The lowest BCUT2D eigenvalue weighted by atomic mass is 9.72. The van der Waals surface area contributed by atoms with Gasteiger partial charge >= 0.3 is 5.69 Å². The van der Waals surface area contributed by atoms with Gasteiger partial charge in [0.15, 0.2) is 5.78 Å². The van der Waals surface area contributed by atoms with Crippen LogP contribution in [0, 0.1) is 31.1 Å². The number of allylic oxidation sites excluding steroid dienone is 9. The third kappa shape index (κ3) is 6.04. The monoisotopic (exact) mass is 488 g/mol. The summed E-state index contributed by atoms with van der Waals surface area (Å²) in [6.45, 7) is 12.1. The number of nitro groups is 2. The van der Waals surface area contributed by atoms with Crippen molar-refractivity contribution in [3.63, 3.8) is 0 Å². The van der Waals surface area contributed by atoms with Crippen LogP contribution in [0.2, 0.25) is 0 Å². The fraction of sp³-hybridized carbons (Fsp3) is 0.296. The topological polar surface area (TPSA) is 128 Å². The smallest absolute Gasteiger partial charge is 0.289 e. The number of aliphatic imine (C=N–C) groups is 2. The molecular formula is C27H28N4O5. The maximum atomic E-state index is 13.1. The maximum absolute atomic E-state index is 13.1. The van der Waals surface area contributed by atoms with E-state index >= 15 is 0 Å². The Bertz CT molecular complexity index is 1300. The van der Waals surface area contributed by atoms with Gasteiger partial charge in [0.2, 0.25) is 0 Å². The maximum Gasteiger partial charge on any atom is 0.301 e. The standard InChI is InChI=1S/C27H28N4O5/c1-26(2,3)21-13-17(14-22(25(21)32)27(4,5)6)16-28-18-7-9-19(10-8-18)29-23-12-11-20(30(33)34)15-24(23)31(35)36/h7-16H,1-6H3. The first-order valence-corrected chi connectivity index (χ1v) is 11.3. The molecule has 186 valence electrons. The molecule has 0 amide bonds. The molecule has 9 heteroatoms. The van der Waals surface area contributed by atoms with E-state index in [9.17, 15) is 25.0 Å². The largest absolute Gasteiger partial charge is 0.301 e. The minimum atomic E-state index is -0.699. The number of nitrogens with zero attached hydrogens (tertiary/aromatic N) is 4. The molecule has 0 saturated heterocycles. The van der Waals surface area contributed by atoms with Gasteiger partial charge < -0.3 is 0 Å². The number of nitro benzene ring substituents is 2. The van der Waals surface area contributed by atoms with E-state index in [1.807, 2.05) is 53.7 Å². The molecule has 0 aliphatic heterocycles. The van der Waals surface area contributed by atoms with Crippen molar-refractivity contribution in [2.75, 3.05) is 0 Å². The Kier molecular flexibility index (Phi) is 7.15. The van der Waals surface area contributed by atoms with Crippen LogP contribution in [0.5, 0.6) is 0 Å². The van der Waals surface area contributed by atoms with Crippen LogP contribution in [0.4, 0.5) is 17.1 Å². The Morgan fingerprint density at radius 3 is 1.81 bits per heavy atom. The highest BCUT2D eigenvalue weighted by atomic mass is 16.6. The molecule has 2 aliphatic carbocycles. The molecule has 3 rings (SSSR count). The Balaban J connectivity index is 1.90. The van der Waals surface area contributed by atoms with Crippen molar-refractivity contribution in [2.45, 2.75) is 41.5 Å². The minimum Gasteiger partial charge on any atom is -0.289 e. The molecule has 2 aliphatic rings. The number of hydrogen-bond acceptors (Lipinski definition) is 7. The second-order valence-corrected chi connectivity index (χ2v) is 10.5. The first-order valence-electron chi connectivity index (χ1n) is 11.3. The summed E-state index contributed by atoms with van der Waals surface area (Å²) < 4.78 is 0. The average molecular weight is 489 g/mol. The summed E-state index contributed by atoms with van der Waals surface area (Å²) in [7, 11) is 0. The normalized spacial score (nSPS) is 15.9. The van der Waals surface area contributed by atoms with E-state index in [-0.39, 0.29) is 28.0 Å². The van der Waals surface area contributed by atoms with E-state index in [2.05, 4.69) is 9.98 Å². The van der Waals surface area contributed by atoms with Crippen LogP contribution in [0.3, 0.4) is 0 Å². The molecule has 36 heavy (non-hydrogen) atoms. The van der Waals surface area contributed by atoms with Crippen molar-refractivity contribution in [1.29, 1.82) is 0 Å². The molecule has 9 nitrogen and oxygen atoms in total. The van der Waals surface area contributed by atoms with E-state index in [1.165, 1.54) is 12.1 Å². The molecule has 0 atom stereocenters. The molecule has 0 fully saturated rings. The van der Waals surface area contributed by atoms with Gasteiger partial charge in [-0.25, -0.2) is 4.99 Å². The summed E-state index contributed by atoms with van der Waals surface area (Å²) >= 11 is 0. The number of carbonyl (C=O) groups excluding carboxylic acids is 1. The third-order valence-electron chi connectivity index (χ3n) is 5.56. The Labute approximate surface area is 209 Å². The van der Waals surface area contributed by atoms with Gasteiger partial charge in [0.25, 0.3) is 5.69 Å². The van der Waals surface area contributed by atoms with Gasteiger partial charge in [0.1, 0.15) is 5.69 Å². The summed E-state index contributed by atoms with van der Waals surface area (Å²) in [4.78, 5) is 42.7. The molecule has 0 saturated carbocycles. The fourth-order valence-electron chi connectivity index (χ4n) is 3.61. The molecule has 0 bridgehead atoms. The van der Waals surface area contributed by atoms with E-state index in [0.29, 0.717) is 11.4 Å². The highest BCUT2D eigenvalue weighted by Gasteiger charge is 2.34. The highest BCUT2D eigenvalue weighted by Crippen LogP contribution is 2.39. The minimum absolute atomic E-state index is 0.0176. The Morgan fingerprint density at radius 2 is 1.33 bits per heavy atom. The molecule has 0 spiro atoms. The van der Waals surface area contributed by atoms with Gasteiger partial charge in [-0.3, -0.25) is 30.0 Å². The second-order valence-electron chi connectivity index (χ2n) is 10.5. The SMILES string of the molecule is CC(C)(C)C1=CC(=CN=C2C=CC(=Nc3ccc([N+](=O)[O-])cc3[N+](=O)[O-])C=C2)C=C(C(C)(C)C)C1=O. The summed E-state index contributed by atoms with van der Waals surface area (Å²) in [5.41, 5.74) is 1.92. The van der Waals surface area contributed by atoms with Gasteiger partial charge in [0, 0.05) is 23.4 Å². The first kappa shape index (κ1) is 26.3. The number of benzene rings is 1. The number of carbonyl (C=O) groups is 1. The number of Topliss-reactive ketones (excluding diaryl/α,β-unsaturated/α-hetero) is 1. The van der Waals surface area contributed by atoms with Crippen molar-refractivity contribution in [1.82, 2.24) is 0 Å². The second kappa shape index (κ2) is 9.77. The van der Waals surface area contributed by atoms with Gasteiger partial charge in [-0.2, -0.15) is 0 Å². The highest BCUT2D eigenvalue weighted by molar-refractivity contribution is 6.19. The van der Waals surface area contributed by atoms with Crippen molar-refractivity contribution < 1.29 is 14.6 Å². The third-order valence-corrected chi connectivity index (χ3v) is 5.56. The van der Waals surface area contributed by atoms with E-state index in [0.717, 1.165) is 22.8 Å². The number of hydrogen-bond donors (Lipinski definition) is 0. The van der Waals surface area contributed by atoms with Gasteiger partial charge in [0.05, 0.1) is 27.3 Å². The molecule has 1 aromatic rings. The summed E-state index contributed by atoms with van der Waals surface area (Å²) in [5, 5.41) is 22.3. The predicted octanol–water partition coefficient (Wildman–Crippen LogP) is 6.55. The molecule has 0 N–H and O–H groups in total. The van der Waals surface area contributed by atoms with Crippen molar-refractivity contribution in [3.05, 3.63) is 97.8 Å². The molecular weight excluding hydrogens is 460 g/mol. The lowest BCUT2D eigenvalue weighted by Gasteiger charge is -2.31. The predicted molar refractivity (Wildman–Crippen MR) is 141 cm³/mol. The van der Waals surface area contributed by atoms with Gasteiger partial charge in [-0.05, 0) is 58.9 Å². The van der Waals surface area contributed by atoms with Crippen molar-refractivity contribution in [2.24, 2.45) is 20.8 Å². The Hall–Kier alpha value is -4.27. The van der Waals surface area contributed by atoms with Gasteiger partial charge in [-0.1, -0.05) is 41.5 Å². The van der Waals surface area contributed by atoms with Crippen LogP contribution in [-0.2, 0) is 4.79 Å². The number of ketones is 1. The van der Waals surface area contributed by atoms with Crippen LogP contribution in [0.25, 0.3) is 0 Å². The van der Waals surface area contributed by atoms with Crippen LogP contribution >= 0.6 is 0 Å². The molecule has 1 aromatic carbocycles. The van der Waals surface area contributed by atoms with Crippen LogP contribution < -0.4 is 0 Å². The lowest BCUT2D eigenvalue weighted by Crippen LogP contribution is -2.27. The fourth-order valence-corrected chi connectivity index (χ4v) is 3.61. The molecule has 0 heterocycles. The summed E-state index contributed by atoms with van der Waals surface area (Å²) in [6.07, 6.45) is 12.2. The zero-order valence-corrected chi connectivity index (χ0v) is 21.1. The zero-order chi connectivity index (χ0) is 26.8. The average Bonchev–Trinajstić information content (AvgIpc) is 2.77. The Morgan fingerprint density at radius 1 is 0.806 bits per heavy atom. The summed E-state index contributed by atoms with van der Waals surface area (Å²) in [5.74, 6) is 0.0541. The van der Waals surface area contributed by atoms with E-state index in [4.69, 9.17) is 0 Å². The molecule has 0 radical (unpaired) electrons. The van der Waals surface area contributed by atoms with Crippen LogP contribution in [-0.4, -0.2) is 27.1 Å². The molecule has 0 aromatic heterocycles. The van der Waals surface area contributed by atoms with Crippen LogP contribution in [0.15, 0.2) is 87.6 Å². The number of rotatable bonds is 4. The van der Waals surface area contributed by atoms with Crippen molar-refractivity contribution in [3.8, 4) is 0 Å². The zero-order valence-electron chi connectivity index (χ0n) is 21.1. The number of non-ortho nitro benzene ring substituents is 1. The first-order chi connectivity index (χ1) is 16.7. The molecule has 0 unspecified atom stereocenters. The van der Waals surface area contributed by atoms with E-state index < -0.39 is 15.5 Å². The lowest BCUT2D eigenvalue weighted by molar-refractivity contribution is -0.393. The van der Waals surface area contributed by atoms with Crippen LogP contribution in [0.1, 0.15) is 41.5 Å². The summed E-state index contributed by atoms with van der Waals surface area (Å²) in [6, 6.07) is 3.32.